The minimum absolute atomic E-state index is 0.572. The molecule has 0 unspecified atom stereocenters. The van der Waals surface area contributed by atoms with Gasteiger partial charge >= 0.3 is 0 Å². The first-order valence-corrected chi connectivity index (χ1v) is 8.72. The van der Waals surface area contributed by atoms with Crippen LogP contribution in [0.4, 0.5) is 0 Å². The number of guanidine groups is 1. The number of rotatable bonds is 3. The minimum atomic E-state index is 0.572. The van der Waals surface area contributed by atoms with Gasteiger partial charge in [0.25, 0.3) is 0 Å². The molecule has 1 N–H and O–H groups in total. The zero-order valence-corrected chi connectivity index (χ0v) is 14.0. The van der Waals surface area contributed by atoms with Gasteiger partial charge in [0.05, 0.1) is 12.7 Å². The molecule has 1 aliphatic heterocycles. The van der Waals surface area contributed by atoms with E-state index in [-0.39, 0.29) is 0 Å². The fourth-order valence-electron chi connectivity index (χ4n) is 3.97. The van der Waals surface area contributed by atoms with Gasteiger partial charge in [-0.25, -0.2) is 4.99 Å². The minimum Gasteiger partial charge on any atom is -0.357 e. The molecule has 5 heteroatoms. The zero-order chi connectivity index (χ0) is 15.4. The van der Waals surface area contributed by atoms with E-state index in [9.17, 15) is 0 Å². The van der Waals surface area contributed by atoms with Crippen molar-refractivity contribution in [1.29, 1.82) is 0 Å². The van der Waals surface area contributed by atoms with Crippen LogP contribution in [-0.2, 0) is 13.6 Å². The molecule has 5 nitrogen and oxygen atoms in total. The van der Waals surface area contributed by atoms with Crippen LogP contribution < -0.4 is 5.32 Å². The molecule has 1 saturated carbocycles. The summed E-state index contributed by atoms with van der Waals surface area (Å²) in [5, 5.41) is 7.69. The van der Waals surface area contributed by atoms with E-state index in [0.29, 0.717) is 12.0 Å². The third-order valence-electron chi connectivity index (χ3n) is 5.16. The van der Waals surface area contributed by atoms with Crippen molar-refractivity contribution in [3.63, 3.8) is 0 Å². The molecule has 0 aromatic carbocycles. The van der Waals surface area contributed by atoms with Gasteiger partial charge in [-0.2, -0.15) is 5.10 Å². The number of hydrogen-bond acceptors (Lipinski definition) is 2. The molecule has 0 atom stereocenters. The lowest BCUT2D eigenvalue weighted by Crippen LogP contribution is -2.41. The lowest BCUT2D eigenvalue weighted by molar-refractivity contribution is 0.203. The van der Waals surface area contributed by atoms with Gasteiger partial charge in [0.15, 0.2) is 5.96 Å². The molecule has 0 amide bonds. The monoisotopic (exact) mass is 303 g/mol. The van der Waals surface area contributed by atoms with E-state index in [4.69, 9.17) is 4.99 Å². The standard InChI is InChI=1S/C17H29N5/c1-3-18-16(19-11-15-12-20-21(2)13-15)22-10-9-17(14-22)7-5-4-6-8-17/h12-13H,3-11,14H2,1-2H3,(H,18,19). The summed E-state index contributed by atoms with van der Waals surface area (Å²) in [4.78, 5) is 7.31. The number of nitrogens with zero attached hydrogens (tertiary/aromatic N) is 4. The lowest BCUT2D eigenvalue weighted by atomic mass is 9.73. The summed E-state index contributed by atoms with van der Waals surface area (Å²) in [6.45, 7) is 6.12. The Morgan fingerprint density at radius 1 is 1.32 bits per heavy atom. The maximum atomic E-state index is 4.84. The number of aliphatic imine (C=N–C) groups is 1. The quantitative estimate of drug-likeness (QED) is 0.689. The highest BCUT2D eigenvalue weighted by molar-refractivity contribution is 5.80. The molecule has 2 heterocycles. The van der Waals surface area contributed by atoms with Crippen LogP contribution in [0.1, 0.15) is 51.0 Å². The van der Waals surface area contributed by atoms with Crippen LogP contribution in [0.2, 0.25) is 0 Å². The Labute approximate surface area is 133 Å². The van der Waals surface area contributed by atoms with Crippen molar-refractivity contribution in [1.82, 2.24) is 20.0 Å². The first-order valence-electron chi connectivity index (χ1n) is 8.72. The van der Waals surface area contributed by atoms with Gasteiger partial charge in [0, 0.05) is 38.4 Å². The van der Waals surface area contributed by atoms with Crippen LogP contribution in [0.15, 0.2) is 17.4 Å². The summed E-state index contributed by atoms with van der Waals surface area (Å²) in [6.07, 6.45) is 12.4. The van der Waals surface area contributed by atoms with Crippen LogP contribution in [0, 0.1) is 5.41 Å². The molecule has 0 radical (unpaired) electrons. The van der Waals surface area contributed by atoms with E-state index in [1.165, 1.54) is 50.6 Å². The Balaban J connectivity index is 1.65. The predicted octanol–water partition coefficient (Wildman–Crippen LogP) is 2.54. The molecule has 22 heavy (non-hydrogen) atoms. The molecular weight excluding hydrogens is 274 g/mol. The van der Waals surface area contributed by atoms with Crippen LogP contribution in [0.3, 0.4) is 0 Å². The maximum absolute atomic E-state index is 4.84. The Kier molecular flexibility index (Phi) is 4.69. The maximum Gasteiger partial charge on any atom is 0.194 e. The SMILES string of the molecule is CCNC(=NCc1cnn(C)c1)N1CCC2(CCCCC2)C1. The smallest absolute Gasteiger partial charge is 0.194 e. The second-order valence-corrected chi connectivity index (χ2v) is 6.92. The lowest BCUT2D eigenvalue weighted by Gasteiger charge is -2.33. The summed E-state index contributed by atoms with van der Waals surface area (Å²) < 4.78 is 1.84. The van der Waals surface area contributed by atoms with Crippen LogP contribution in [0.25, 0.3) is 0 Å². The van der Waals surface area contributed by atoms with Crippen molar-refractivity contribution in [3.8, 4) is 0 Å². The Hall–Kier alpha value is -1.52. The highest BCUT2D eigenvalue weighted by Gasteiger charge is 2.39. The summed E-state index contributed by atoms with van der Waals surface area (Å²) in [5.74, 6) is 1.08. The average molecular weight is 303 g/mol. The van der Waals surface area contributed by atoms with Crippen molar-refractivity contribution in [2.75, 3.05) is 19.6 Å². The largest absolute Gasteiger partial charge is 0.357 e. The van der Waals surface area contributed by atoms with E-state index in [1.807, 2.05) is 24.1 Å². The highest BCUT2D eigenvalue weighted by Crippen LogP contribution is 2.43. The summed E-state index contributed by atoms with van der Waals surface area (Å²) in [7, 11) is 1.95. The fraction of sp³-hybridized carbons (Fsp3) is 0.765. The second-order valence-electron chi connectivity index (χ2n) is 6.92. The van der Waals surface area contributed by atoms with E-state index in [2.05, 4.69) is 22.2 Å². The van der Waals surface area contributed by atoms with Gasteiger partial charge in [0.1, 0.15) is 0 Å². The summed E-state index contributed by atoms with van der Waals surface area (Å²) >= 11 is 0. The number of hydrogen-bond donors (Lipinski definition) is 1. The predicted molar refractivity (Wildman–Crippen MR) is 89.7 cm³/mol. The molecule has 1 aliphatic carbocycles. The Morgan fingerprint density at radius 3 is 2.82 bits per heavy atom. The number of aryl methyl sites for hydroxylation is 1. The molecule has 2 aliphatic rings. The van der Waals surface area contributed by atoms with Gasteiger partial charge in [-0.05, 0) is 31.6 Å². The topological polar surface area (TPSA) is 45.5 Å². The number of aromatic nitrogens is 2. The van der Waals surface area contributed by atoms with E-state index in [0.717, 1.165) is 19.0 Å². The van der Waals surface area contributed by atoms with Crippen molar-refractivity contribution >= 4 is 5.96 Å². The van der Waals surface area contributed by atoms with Crippen molar-refractivity contribution in [2.24, 2.45) is 17.5 Å². The van der Waals surface area contributed by atoms with Crippen molar-refractivity contribution in [3.05, 3.63) is 18.0 Å². The first-order chi connectivity index (χ1) is 10.7. The highest BCUT2D eigenvalue weighted by atomic mass is 15.3. The Morgan fingerprint density at radius 2 is 2.14 bits per heavy atom. The third kappa shape index (κ3) is 3.45. The third-order valence-corrected chi connectivity index (χ3v) is 5.16. The van der Waals surface area contributed by atoms with Crippen LogP contribution >= 0.6 is 0 Å². The molecule has 1 aromatic rings. The molecule has 2 fully saturated rings. The molecule has 122 valence electrons. The summed E-state index contributed by atoms with van der Waals surface area (Å²) in [5.41, 5.74) is 1.74. The van der Waals surface area contributed by atoms with Crippen LogP contribution in [0.5, 0.6) is 0 Å². The molecule has 1 spiro atoms. The molecule has 1 aromatic heterocycles. The van der Waals surface area contributed by atoms with Gasteiger partial charge < -0.3 is 10.2 Å². The fourth-order valence-corrected chi connectivity index (χ4v) is 3.97. The zero-order valence-electron chi connectivity index (χ0n) is 14.0. The van der Waals surface area contributed by atoms with Gasteiger partial charge in [-0.3, -0.25) is 4.68 Å². The van der Waals surface area contributed by atoms with Gasteiger partial charge in [-0.1, -0.05) is 19.3 Å². The molecular formula is C17H29N5. The van der Waals surface area contributed by atoms with E-state index >= 15 is 0 Å². The molecule has 1 saturated heterocycles. The van der Waals surface area contributed by atoms with E-state index < -0.39 is 0 Å². The summed E-state index contributed by atoms with van der Waals surface area (Å²) in [6, 6.07) is 0. The number of nitrogens with one attached hydrogen (secondary N) is 1. The van der Waals surface area contributed by atoms with Crippen molar-refractivity contribution in [2.45, 2.75) is 52.0 Å². The second kappa shape index (κ2) is 6.71. The van der Waals surface area contributed by atoms with Crippen molar-refractivity contribution < 1.29 is 0 Å². The van der Waals surface area contributed by atoms with Gasteiger partial charge in [0.2, 0.25) is 0 Å². The van der Waals surface area contributed by atoms with Crippen LogP contribution in [-0.4, -0.2) is 40.3 Å². The normalized spacial score (nSPS) is 21.5. The van der Waals surface area contributed by atoms with Gasteiger partial charge in [-0.15, -0.1) is 0 Å². The van der Waals surface area contributed by atoms with E-state index in [1.54, 1.807) is 0 Å². The number of likely N-dealkylation sites (tertiary alicyclic amines) is 1. The molecule has 0 bridgehead atoms. The average Bonchev–Trinajstić information content (AvgIpc) is 3.11. The Bertz CT molecular complexity index is 513. The first kappa shape index (κ1) is 15.4. The molecule has 3 rings (SSSR count).